The molecule has 0 aliphatic heterocycles. The van der Waals surface area contributed by atoms with E-state index in [1.54, 1.807) is 19.1 Å². The molecule has 15 heavy (non-hydrogen) atoms. The third kappa shape index (κ3) is 3.45. The fourth-order valence-corrected chi connectivity index (χ4v) is 1.67. The molecule has 3 N–H and O–H groups in total. The van der Waals surface area contributed by atoms with Gasteiger partial charge in [0.05, 0.1) is 5.75 Å². The molecule has 4 nitrogen and oxygen atoms in total. The fraction of sp³-hybridized carbons (Fsp3) is 0.300. The summed E-state index contributed by atoms with van der Waals surface area (Å²) < 4.78 is 19.0. The monoisotopic (exact) mass is 227 g/mol. The largest absolute Gasteiger partial charge is 0.507 e. The van der Waals surface area contributed by atoms with E-state index in [4.69, 9.17) is 9.96 Å². The van der Waals surface area contributed by atoms with Crippen LogP contribution in [0.2, 0.25) is 0 Å². The quantitative estimate of drug-likeness (QED) is 0.539. The van der Waals surface area contributed by atoms with Gasteiger partial charge >= 0.3 is 0 Å². The smallest absolute Gasteiger partial charge is 0.153 e. The normalized spacial score (nSPS) is 12.4. The van der Waals surface area contributed by atoms with Crippen molar-refractivity contribution >= 4 is 16.8 Å². The number of phenolic OH excluding ortho intramolecular Hbond substituents is 1. The van der Waals surface area contributed by atoms with Crippen LogP contribution in [-0.2, 0) is 17.5 Å². The molecule has 1 unspecified atom stereocenters. The molecule has 0 bridgehead atoms. The highest BCUT2D eigenvalue weighted by molar-refractivity contribution is 7.79. The molecule has 0 saturated carbocycles. The van der Waals surface area contributed by atoms with Gasteiger partial charge in [0, 0.05) is 11.3 Å². The Morgan fingerprint density at radius 1 is 1.53 bits per heavy atom. The summed E-state index contributed by atoms with van der Waals surface area (Å²) >= 11 is -1.81. The van der Waals surface area contributed by atoms with E-state index in [2.05, 4.69) is 0 Å². The van der Waals surface area contributed by atoms with E-state index in [-0.39, 0.29) is 11.5 Å². The average molecular weight is 227 g/mol. The minimum absolute atomic E-state index is 0.0451. The standard InChI is InChI=1S/C10H13NO3S/c1-7(11)9-3-2-8(6-10(9)12)4-5-15(13)14/h2-3,6,11-12H,4-5H2,1H3,(H,13,14). The minimum Gasteiger partial charge on any atom is -0.507 e. The molecule has 0 aliphatic carbocycles. The van der Waals surface area contributed by atoms with Crippen LogP contribution in [0.1, 0.15) is 18.1 Å². The highest BCUT2D eigenvalue weighted by Crippen LogP contribution is 2.19. The van der Waals surface area contributed by atoms with Gasteiger partial charge < -0.3 is 15.1 Å². The fourth-order valence-electron chi connectivity index (χ4n) is 1.25. The van der Waals surface area contributed by atoms with Crippen LogP contribution in [0.3, 0.4) is 0 Å². The van der Waals surface area contributed by atoms with Crippen LogP contribution < -0.4 is 0 Å². The third-order valence-electron chi connectivity index (χ3n) is 2.03. The van der Waals surface area contributed by atoms with Gasteiger partial charge in [-0.25, -0.2) is 4.21 Å². The van der Waals surface area contributed by atoms with E-state index < -0.39 is 11.1 Å². The molecular weight excluding hydrogens is 214 g/mol. The Morgan fingerprint density at radius 3 is 2.67 bits per heavy atom. The SMILES string of the molecule is CC(=N)c1ccc(CCS(=O)O)cc1O. The second-order valence-electron chi connectivity index (χ2n) is 3.25. The van der Waals surface area contributed by atoms with Crippen molar-refractivity contribution < 1.29 is 13.9 Å². The van der Waals surface area contributed by atoms with Crippen LogP contribution in [0, 0.1) is 5.41 Å². The lowest BCUT2D eigenvalue weighted by molar-refractivity contribution is 0.473. The van der Waals surface area contributed by atoms with E-state index in [1.165, 1.54) is 6.07 Å². The maximum Gasteiger partial charge on any atom is 0.153 e. The third-order valence-corrected chi connectivity index (χ3v) is 2.58. The van der Waals surface area contributed by atoms with Crippen LogP contribution >= 0.6 is 0 Å². The van der Waals surface area contributed by atoms with Crippen LogP contribution in [0.5, 0.6) is 5.75 Å². The number of rotatable bonds is 4. The summed E-state index contributed by atoms with van der Waals surface area (Å²) in [5.74, 6) is 0.200. The van der Waals surface area contributed by atoms with Crippen molar-refractivity contribution in [2.24, 2.45) is 0 Å². The summed E-state index contributed by atoms with van der Waals surface area (Å²) in [6.45, 7) is 1.59. The zero-order valence-electron chi connectivity index (χ0n) is 8.36. The summed E-state index contributed by atoms with van der Waals surface area (Å²) in [4.78, 5) is 0. The molecule has 82 valence electrons. The van der Waals surface area contributed by atoms with E-state index in [1.807, 2.05) is 0 Å². The molecule has 0 saturated heterocycles. The van der Waals surface area contributed by atoms with Crippen molar-refractivity contribution in [1.29, 1.82) is 5.41 Å². The first-order valence-electron chi connectivity index (χ1n) is 4.45. The predicted octanol–water partition coefficient (Wildman–Crippen LogP) is 1.54. The molecule has 0 heterocycles. The molecule has 0 aliphatic rings. The first kappa shape index (κ1) is 11.9. The van der Waals surface area contributed by atoms with Crippen molar-refractivity contribution in [3.63, 3.8) is 0 Å². The van der Waals surface area contributed by atoms with E-state index in [0.717, 1.165) is 5.56 Å². The number of hydrogen-bond acceptors (Lipinski definition) is 3. The highest BCUT2D eigenvalue weighted by Gasteiger charge is 2.05. The van der Waals surface area contributed by atoms with Gasteiger partial charge in [-0.15, -0.1) is 0 Å². The maximum atomic E-state index is 10.4. The van der Waals surface area contributed by atoms with E-state index in [0.29, 0.717) is 17.7 Å². The number of benzene rings is 1. The Bertz CT molecular complexity index is 404. The minimum atomic E-state index is -1.81. The number of aryl methyl sites for hydroxylation is 1. The molecule has 0 aromatic heterocycles. The van der Waals surface area contributed by atoms with Crippen molar-refractivity contribution in [3.05, 3.63) is 29.3 Å². The van der Waals surface area contributed by atoms with Crippen molar-refractivity contribution in [1.82, 2.24) is 0 Å². The van der Waals surface area contributed by atoms with Gasteiger partial charge in [0.25, 0.3) is 0 Å². The van der Waals surface area contributed by atoms with Crippen LogP contribution in [0.15, 0.2) is 18.2 Å². The number of hydrogen-bond donors (Lipinski definition) is 3. The van der Waals surface area contributed by atoms with Crippen molar-refractivity contribution in [3.8, 4) is 5.75 Å². The van der Waals surface area contributed by atoms with Crippen LogP contribution in [-0.4, -0.2) is 25.3 Å². The molecule has 1 rings (SSSR count). The highest BCUT2D eigenvalue weighted by atomic mass is 32.2. The summed E-state index contributed by atoms with van der Waals surface area (Å²) in [5, 5.41) is 16.9. The first-order chi connectivity index (χ1) is 7.00. The number of phenols is 1. The topological polar surface area (TPSA) is 81.4 Å². The van der Waals surface area contributed by atoms with Crippen LogP contribution in [0.25, 0.3) is 0 Å². The lowest BCUT2D eigenvalue weighted by Gasteiger charge is -2.05. The zero-order valence-corrected chi connectivity index (χ0v) is 9.17. The zero-order chi connectivity index (χ0) is 11.4. The molecule has 0 spiro atoms. The summed E-state index contributed by atoms with van der Waals surface area (Å²) in [6.07, 6.45) is 0.438. The summed E-state index contributed by atoms with van der Waals surface area (Å²) in [7, 11) is 0. The Labute approximate surface area is 90.7 Å². The first-order valence-corrected chi connectivity index (χ1v) is 5.73. The molecule has 0 amide bonds. The lowest BCUT2D eigenvalue weighted by atomic mass is 10.1. The molecular formula is C10H13NO3S. The van der Waals surface area contributed by atoms with E-state index in [9.17, 15) is 9.32 Å². The molecule has 5 heteroatoms. The van der Waals surface area contributed by atoms with Gasteiger partial charge in [0.2, 0.25) is 0 Å². The molecule has 1 atom stereocenters. The summed E-state index contributed by atoms with van der Waals surface area (Å²) in [5.41, 5.74) is 1.58. The molecule has 1 aromatic rings. The van der Waals surface area contributed by atoms with E-state index >= 15 is 0 Å². The number of aromatic hydroxyl groups is 1. The van der Waals surface area contributed by atoms with Crippen molar-refractivity contribution in [2.45, 2.75) is 13.3 Å². The molecule has 1 aromatic carbocycles. The van der Waals surface area contributed by atoms with Gasteiger partial charge in [-0.3, -0.25) is 0 Å². The Hall–Kier alpha value is -1.20. The predicted molar refractivity (Wildman–Crippen MR) is 60.0 cm³/mol. The van der Waals surface area contributed by atoms with Gasteiger partial charge in [0.1, 0.15) is 5.75 Å². The van der Waals surface area contributed by atoms with Gasteiger partial charge in [-0.2, -0.15) is 0 Å². The second kappa shape index (κ2) is 5.04. The van der Waals surface area contributed by atoms with Crippen molar-refractivity contribution in [2.75, 3.05) is 5.75 Å². The van der Waals surface area contributed by atoms with Gasteiger partial charge in [-0.05, 0) is 31.0 Å². The number of nitrogens with one attached hydrogen (secondary N) is 1. The Balaban J connectivity index is 2.82. The summed E-state index contributed by atoms with van der Waals surface area (Å²) in [6, 6.07) is 4.92. The second-order valence-corrected chi connectivity index (χ2v) is 4.30. The maximum absolute atomic E-state index is 10.4. The average Bonchev–Trinajstić information content (AvgIpc) is 2.14. The molecule has 0 radical (unpaired) electrons. The van der Waals surface area contributed by atoms with Crippen LogP contribution in [0.4, 0.5) is 0 Å². The lowest BCUT2D eigenvalue weighted by Crippen LogP contribution is -2.00. The Morgan fingerprint density at radius 2 is 2.20 bits per heavy atom. The van der Waals surface area contributed by atoms with Gasteiger partial charge in [-0.1, -0.05) is 6.07 Å². The molecule has 0 fully saturated rings. The van der Waals surface area contributed by atoms with Gasteiger partial charge in [0.15, 0.2) is 11.1 Å². The Kier molecular flexibility index (Phi) is 3.99.